The topological polar surface area (TPSA) is 116 Å². The fourth-order valence-corrected chi connectivity index (χ4v) is 1.61. The van der Waals surface area contributed by atoms with Gasteiger partial charge in [0, 0.05) is 6.07 Å². The first-order valence-electron chi connectivity index (χ1n) is 6.23. The minimum absolute atomic E-state index is 0.0818. The lowest BCUT2D eigenvalue weighted by molar-refractivity contribution is -0.385. The Morgan fingerprint density at radius 1 is 1.45 bits per heavy atom. The van der Waals surface area contributed by atoms with Crippen LogP contribution in [0.3, 0.4) is 0 Å². The van der Waals surface area contributed by atoms with Crippen LogP contribution in [0.2, 0.25) is 0 Å². The monoisotopic (exact) mass is 282 g/mol. The predicted octanol–water partition coefficient (Wildman–Crippen LogP) is 1.95. The second-order valence-electron chi connectivity index (χ2n) is 4.75. The molecule has 3 N–H and O–H groups in total. The van der Waals surface area contributed by atoms with Gasteiger partial charge in [0.05, 0.1) is 11.5 Å². The molecular weight excluding hydrogens is 264 g/mol. The van der Waals surface area contributed by atoms with Gasteiger partial charge >= 0.3 is 11.7 Å². The summed E-state index contributed by atoms with van der Waals surface area (Å²) in [6.45, 7) is 1.73. The number of carbonyl (C=O) groups is 1. The van der Waals surface area contributed by atoms with E-state index in [2.05, 4.69) is 0 Å². The molecule has 1 rings (SSSR count). The van der Waals surface area contributed by atoms with Crippen molar-refractivity contribution in [2.24, 2.45) is 5.73 Å². The van der Waals surface area contributed by atoms with Crippen molar-refractivity contribution in [3.63, 3.8) is 0 Å². The van der Waals surface area contributed by atoms with Gasteiger partial charge in [-0.3, -0.25) is 14.9 Å². The fourth-order valence-electron chi connectivity index (χ4n) is 1.61. The van der Waals surface area contributed by atoms with Crippen LogP contribution in [0.4, 0.5) is 5.69 Å². The molecule has 0 aliphatic heterocycles. The molecule has 1 aromatic rings. The number of nitro groups is 1. The van der Waals surface area contributed by atoms with Crippen molar-refractivity contribution in [3.05, 3.63) is 34.4 Å². The molecule has 7 heteroatoms. The first-order valence-corrected chi connectivity index (χ1v) is 6.23. The summed E-state index contributed by atoms with van der Waals surface area (Å²) in [5, 5.41) is 19.6. The molecule has 1 aromatic carbocycles. The van der Waals surface area contributed by atoms with E-state index in [1.165, 1.54) is 19.1 Å². The van der Waals surface area contributed by atoms with Gasteiger partial charge in [0.25, 0.3) is 0 Å². The maximum absolute atomic E-state index is 10.8. The van der Waals surface area contributed by atoms with Crippen molar-refractivity contribution in [1.29, 1.82) is 0 Å². The van der Waals surface area contributed by atoms with Crippen LogP contribution in [-0.4, -0.2) is 28.1 Å². The number of rotatable bonds is 8. The zero-order chi connectivity index (χ0) is 15.2. The van der Waals surface area contributed by atoms with Crippen molar-refractivity contribution < 1.29 is 19.6 Å². The van der Waals surface area contributed by atoms with E-state index in [0.717, 1.165) is 0 Å². The van der Waals surface area contributed by atoms with Crippen LogP contribution in [0.25, 0.3) is 0 Å². The molecule has 1 atom stereocenters. The third kappa shape index (κ3) is 4.51. The van der Waals surface area contributed by atoms with Crippen molar-refractivity contribution in [2.45, 2.75) is 31.7 Å². The van der Waals surface area contributed by atoms with Gasteiger partial charge in [0.1, 0.15) is 5.54 Å². The van der Waals surface area contributed by atoms with E-state index in [4.69, 9.17) is 15.6 Å². The molecule has 7 nitrogen and oxygen atoms in total. The average Bonchev–Trinajstić information content (AvgIpc) is 2.38. The minimum atomic E-state index is -1.25. The number of nitrogens with two attached hydrogens (primary N) is 1. The van der Waals surface area contributed by atoms with Crippen LogP contribution in [0.5, 0.6) is 5.75 Å². The first-order chi connectivity index (χ1) is 9.34. The summed E-state index contributed by atoms with van der Waals surface area (Å²) in [6.07, 6.45) is 1.47. The van der Waals surface area contributed by atoms with Crippen LogP contribution in [0.1, 0.15) is 26.2 Å². The second kappa shape index (κ2) is 6.85. The van der Waals surface area contributed by atoms with Crippen LogP contribution < -0.4 is 10.5 Å². The predicted molar refractivity (Wildman–Crippen MR) is 72.7 cm³/mol. The molecule has 0 aliphatic carbocycles. The Hall–Kier alpha value is -2.15. The summed E-state index contributed by atoms with van der Waals surface area (Å²) < 4.78 is 5.34. The lowest BCUT2D eigenvalue weighted by Crippen LogP contribution is -2.44. The maximum Gasteiger partial charge on any atom is 0.323 e. The van der Waals surface area contributed by atoms with Gasteiger partial charge in [-0.15, -0.1) is 0 Å². The van der Waals surface area contributed by atoms with E-state index in [9.17, 15) is 14.9 Å². The zero-order valence-electron chi connectivity index (χ0n) is 11.2. The smallest absolute Gasteiger partial charge is 0.323 e. The Labute approximate surface area is 116 Å². The summed E-state index contributed by atoms with van der Waals surface area (Å²) in [4.78, 5) is 21.1. The normalized spacial score (nSPS) is 13.5. The number of carboxylic acids is 1. The Bertz CT molecular complexity index is 487. The van der Waals surface area contributed by atoms with E-state index < -0.39 is 16.4 Å². The number of ether oxygens (including phenoxy) is 1. The first kappa shape index (κ1) is 15.9. The van der Waals surface area contributed by atoms with Crippen molar-refractivity contribution >= 4 is 11.7 Å². The Morgan fingerprint density at radius 3 is 2.70 bits per heavy atom. The Kier molecular flexibility index (Phi) is 5.45. The molecule has 0 fully saturated rings. The van der Waals surface area contributed by atoms with Gasteiger partial charge in [-0.25, -0.2) is 0 Å². The average molecular weight is 282 g/mol. The largest absolute Gasteiger partial charge is 0.487 e. The molecule has 0 aliphatic rings. The van der Waals surface area contributed by atoms with Crippen molar-refractivity contribution in [3.8, 4) is 5.75 Å². The molecule has 0 bridgehead atoms. The van der Waals surface area contributed by atoms with Gasteiger partial charge in [0.2, 0.25) is 0 Å². The van der Waals surface area contributed by atoms with Crippen LogP contribution in [-0.2, 0) is 4.79 Å². The van der Waals surface area contributed by atoms with Gasteiger partial charge in [-0.2, -0.15) is 0 Å². The minimum Gasteiger partial charge on any atom is -0.487 e. The number of aliphatic carboxylic acids is 1. The van der Waals surface area contributed by atoms with Gasteiger partial charge in [0.15, 0.2) is 5.75 Å². The molecule has 0 radical (unpaired) electrons. The van der Waals surface area contributed by atoms with Crippen LogP contribution in [0.15, 0.2) is 24.3 Å². The highest BCUT2D eigenvalue weighted by atomic mass is 16.6. The maximum atomic E-state index is 10.8. The number of nitro benzene ring substituents is 1. The van der Waals surface area contributed by atoms with Crippen LogP contribution in [0, 0.1) is 10.1 Å². The van der Waals surface area contributed by atoms with Crippen LogP contribution >= 0.6 is 0 Å². The highest BCUT2D eigenvalue weighted by molar-refractivity contribution is 5.77. The Morgan fingerprint density at radius 2 is 2.10 bits per heavy atom. The molecule has 20 heavy (non-hydrogen) atoms. The molecule has 0 spiro atoms. The summed E-state index contributed by atoms with van der Waals surface area (Å²) >= 11 is 0. The SMILES string of the molecule is CC(N)(CCCCOc1ccccc1[N+](=O)[O-])C(=O)O. The number of hydrogen-bond donors (Lipinski definition) is 2. The molecule has 0 saturated heterocycles. The van der Waals surface area contributed by atoms with Gasteiger partial charge < -0.3 is 15.6 Å². The number of para-hydroxylation sites is 2. The summed E-state index contributed by atoms with van der Waals surface area (Å²) in [5.74, 6) is -0.830. The lowest BCUT2D eigenvalue weighted by atomic mass is 9.97. The number of unbranched alkanes of at least 4 members (excludes halogenated alkanes) is 1. The lowest BCUT2D eigenvalue weighted by Gasteiger charge is -2.18. The fraction of sp³-hybridized carbons (Fsp3) is 0.462. The zero-order valence-corrected chi connectivity index (χ0v) is 11.2. The molecule has 0 saturated carbocycles. The molecule has 0 aromatic heterocycles. The molecule has 0 heterocycles. The van der Waals surface area contributed by atoms with E-state index in [1.807, 2.05) is 0 Å². The number of hydrogen-bond acceptors (Lipinski definition) is 5. The quantitative estimate of drug-likeness (QED) is 0.427. The van der Waals surface area contributed by atoms with Crippen molar-refractivity contribution in [2.75, 3.05) is 6.61 Å². The molecular formula is C13H18N2O5. The standard InChI is InChI=1S/C13H18N2O5/c1-13(14,12(16)17)8-4-5-9-20-11-7-3-2-6-10(11)15(18)19/h2-3,6-7H,4-5,8-9,14H2,1H3,(H,16,17). The molecule has 0 amide bonds. The van der Waals surface area contributed by atoms with E-state index in [-0.39, 0.29) is 18.0 Å². The highest BCUT2D eigenvalue weighted by Crippen LogP contribution is 2.26. The van der Waals surface area contributed by atoms with Gasteiger partial charge in [-0.05, 0) is 32.3 Å². The third-order valence-corrected chi connectivity index (χ3v) is 2.90. The number of benzene rings is 1. The second-order valence-corrected chi connectivity index (χ2v) is 4.75. The summed E-state index contributed by atoms with van der Waals surface area (Å²) in [6, 6.07) is 6.13. The number of nitrogens with zero attached hydrogens (tertiary/aromatic N) is 1. The van der Waals surface area contributed by atoms with Gasteiger partial charge in [-0.1, -0.05) is 12.1 Å². The van der Waals surface area contributed by atoms with E-state index >= 15 is 0 Å². The number of carboxylic acid groups (broad SMARTS) is 1. The third-order valence-electron chi connectivity index (χ3n) is 2.90. The molecule has 110 valence electrons. The summed E-state index contributed by atoms with van der Waals surface area (Å²) in [5.41, 5.74) is 4.25. The van der Waals surface area contributed by atoms with Crippen molar-refractivity contribution in [1.82, 2.24) is 0 Å². The summed E-state index contributed by atoms with van der Waals surface area (Å²) in [7, 11) is 0. The molecule has 1 unspecified atom stereocenters. The van der Waals surface area contributed by atoms with E-state index in [0.29, 0.717) is 19.3 Å². The van der Waals surface area contributed by atoms with E-state index in [1.54, 1.807) is 12.1 Å². The highest BCUT2D eigenvalue weighted by Gasteiger charge is 2.26. The Balaban J connectivity index is 2.39.